The maximum atomic E-state index is 13.4. The van der Waals surface area contributed by atoms with Gasteiger partial charge in [0, 0.05) is 11.1 Å². The van der Waals surface area contributed by atoms with Crippen LogP contribution < -0.4 is 4.74 Å². The van der Waals surface area contributed by atoms with Crippen molar-refractivity contribution < 1.29 is 24.2 Å². The number of amides is 1. The first-order valence-corrected chi connectivity index (χ1v) is 10.5. The molecule has 0 bridgehead atoms. The maximum Gasteiger partial charge on any atom is 0.273 e. The Morgan fingerprint density at radius 1 is 1.22 bits per heavy atom. The molecule has 1 amide bonds. The van der Waals surface area contributed by atoms with Crippen LogP contribution >= 0.6 is 15.9 Å². The molecule has 1 aliphatic rings. The molecule has 32 heavy (non-hydrogen) atoms. The first-order chi connectivity index (χ1) is 15.5. The summed E-state index contributed by atoms with van der Waals surface area (Å²) in [6.45, 7) is 0.222. The van der Waals surface area contributed by atoms with E-state index < -0.39 is 6.04 Å². The van der Waals surface area contributed by atoms with Gasteiger partial charge in [0.2, 0.25) is 0 Å². The molecule has 0 fully saturated rings. The Hall–Kier alpha value is -3.72. The number of ether oxygens (including phenoxy) is 1. The SMILES string of the molecule is COc1cc(C2c3c(-c4ccccc4O)n[nH]c3C(=O)N2Cc2ccco2)cc(Br)c1O. The van der Waals surface area contributed by atoms with Gasteiger partial charge >= 0.3 is 0 Å². The van der Waals surface area contributed by atoms with E-state index in [2.05, 4.69) is 26.1 Å². The van der Waals surface area contributed by atoms with E-state index in [1.807, 2.05) is 0 Å². The second-order valence-corrected chi connectivity index (χ2v) is 8.20. The van der Waals surface area contributed by atoms with Gasteiger partial charge in [-0.2, -0.15) is 5.10 Å². The van der Waals surface area contributed by atoms with Crippen molar-refractivity contribution >= 4 is 21.8 Å². The van der Waals surface area contributed by atoms with E-state index in [1.165, 1.54) is 7.11 Å². The number of phenols is 2. The van der Waals surface area contributed by atoms with E-state index in [9.17, 15) is 15.0 Å². The average Bonchev–Trinajstić information content (AvgIpc) is 3.50. The van der Waals surface area contributed by atoms with Gasteiger partial charge < -0.3 is 24.3 Å². The molecular weight excluding hydrogens is 478 g/mol. The van der Waals surface area contributed by atoms with Crippen molar-refractivity contribution in [3.63, 3.8) is 0 Å². The molecule has 8 nitrogen and oxygen atoms in total. The lowest BCUT2D eigenvalue weighted by molar-refractivity contribution is 0.0716. The van der Waals surface area contributed by atoms with E-state index in [-0.39, 0.29) is 29.7 Å². The number of para-hydroxylation sites is 1. The van der Waals surface area contributed by atoms with Crippen molar-refractivity contribution in [2.75, 3.05) is 7.11 Å². The minimum atomic E-state index is -0.568. The van der Waals surface area contributed by atoms with Crippen molar-refractivity contribution in [1.82, 2.24) is 15.1 Å². The number of hydrogen-bond donors (Lipinski definition) is 3. The number of rotatable bonds is 5. The molecule has 0 aliphatic carbocycles. The summed E-state index contributed by atoms with van der Waals surface area (Å²) in [7, 11) is 1.46. The molecule has 0 spiro atoms. The summed E-state index contributed by atoms with van der Waals surface area (Å²) in [5.41, 5.74) is 2.64. The predicted molar refractivity (Wildman–Crippen MR) is 118 cm³/mol. The van der Waals surface area contributed by atoms with E-state index in [0.29, 0.717) is 38.3 Å². The summed E-state index contributed by atoms with van der Waals surface area (Å²) >= 11 is 3.37. The van der Waals surface area contributed by atoms with Crippen LogP contribution in [0.4, 0.5) is 0 Å². The highest BCUT2D eigenvalue weighted by atomic mass is 79.9. The van der Waals surface area contributed by atoms with Gasteiger partial charge in [0.05, 0.1) is 30.4 Å². The van der Waals surface area contributed by atoms with Crippen molar-refractivity contribution in [3.8, 4) is 28.5 Å². The van der Waals surface area contributed by atoms with Gasteiger partial charge in [-0.1, -0.05) is 12.1 Å². The summed E-state index contributed by atoms with van der Waals surface area (Å²) in [6, 6.07) is 13.3. The van der Waals surface area contributed by atoms with Crippen LogP contribution in [0.3, 0.4) is 0 Å². The van der Waals surface area contributed by atoms with Crippen LogP contribution in [0.1, 0.15) is 33.4 Å². The highest BCUT2D eigenvalue weighted by Gasteiger charge is 2.43. The Balaban J connectivity index is 1.72. The number of halogens is 1. The van der Waals surface area contributed by atoms with E-state index in [1.54, 1.807) is 59.7 Å². The second kappa shape index (κ2) is 7.76. The smallest absolute Gasteiger partial charge is 0.273 e. The van der Waals surface area contributed by atoms with Crippen LogP contribution in [0.15, 0.2) is 63.7 Å². The first-order valence-electron chi connectivity index (χ1n) is 9.76. The van der Waals surface area contributed by atoms with E-state index in [0.717, 1.165) is 0 Å². The van der Waals surface area contributed by atoms with Gasteiger partial charge in [-0.15, -0.1) is 0 Å². The third-order valence-corrected chi connectivity index (χ3v) is 6.12. The van der Waals surface area contributed by atoms with Crippen LogP contribution in [0.5, 0.6) is 17.2 Å². The van der Waals surface area contributed by atoms with Gasteiger partial charge in [-0.25, -0.2) is 0 Å². The zero-order valence-electron chi connectivity index (χ0n) is 16.9. The number of phenolic OH excluding ortho intramolecular Hbond substituents is 2. The molecule has 1 unspecified atom stereocenters. The number of aromatic amines is 1. The number of fused-ring (bicyclic) bond motifs is 1. The third-order valence-electron chi connectivity index (χ3n) is 5.52. The molecule has 2 aromatic heterocycles. The fourth-order valence-corrected chi connectivity index (χ4v) is 4.52. The van der Waals surface area contributed by atoms with Gasteiger partial charge in [0.1, 0.15) is 22.9 Å². The van der Waals surface area contributed by atoms with E-state index >= 15 is 0 Å². The van der Waals surface area contributed by atoms with Crippen LogP contribution in [0, 0.1) is 0 Å². The first kappa shape index (κ1) is 20.2. The minimum Gasteiger partial charge on any atom is -0.507 e. The highest BCUT2D eigenvalue weighted by molar-refractivity contribution is 9.10. The number of furan rings is 1. The molecule has 1 atom stereocenters. The topological polar surface area (TPSA) is 112 Å². The maximum absolute atomic E-state index is 13.4. The number of methoxy groups -OCH3 is 1. The molecule has 4 aromatic rings. The molecule has 3 N–H and O–H groups in total. The molecule has 5 rings (SSSR count). The lowest BCUT2D eigenvalue weighted by Gasteiger charge is -2.26. The predicted octanol–water partition coefficient (Wildman–Crippen LogP) is 4.60. The molecule has 9 heteroatoms. The number of hydrogen-bond acceptors (Lipinski definition) is 6. The largest absolute Gasteiger partial charge is 0.507 e. The average molecular weight is 496 g/mol. The van der Waals surface area contributed by atoms with Crippen molar-refractivity contribution in [3.05, 3.63) is 81.8 Å². The number of aromatic nitrogens is 2. The number of aromatic hydroxyl groups is 2. The monoisotopic (exact) mass is 495 g/mol. The van der Waals surface area contributed by atoms with Gasteiger partial charge in [0.15, 0.2) is 11.5 Å². The van der Waals surface area contributed by atoms with Gasteiger partial charge in [-0.3, -0.25) is 9.89 Å². The Bertz CT molecular complexity index is 1320. The van der Waals surface area contributed by atoms with Crippen LogP contribution in [-0.4, -0.2) is 38.3 Å². The summed E-state index contributed by atoms with van der Waals surface area (Å²) in [4.78, 5) is 15.1. The van der Waals surface area contributed by atoms with Gasteiger partial charge in [-0.05, 0) is 57.9 Å². The number of carbonyl (C=O) groups is 1. The molecule has 3 heterocycles. The zero-order chi connectivity index (χ0) is 22.4. The van der Waals surface area contributed by atoms with Crippen LogP contribution in [0.25, 0.3) is 11.3 Å². The summed E-state index contributed by atoms with van der Waals surface area (Å²) in [5.74, 6) is 0.656. The lowest BCUT2D eigenvalue weighted by atomic mass is 9.95. The number of carbonyl (C=O) groups excluding carboxylic acids is 1. The normalized spacial score (nSPS) is 15.2. The van der Waals surface area contributed by atoms with Gasteiger partial charge in [0.25, 0.3) is 5.91 Å². The molecule has 0 radical (unpaired) electrons. The highest BCUT2D eigenvalue weighted by Crippen LogP contribution is 2.47. The number of nitrogens with one attached hydrogen (secondary N) is 1. The van der Waals surface area contributed by atoms with Crippen molar-refractivity contribution in [2.45, 2.75) is 12.6 Å². The molecule has 2 aromatic carbocycles. The quantitative estimate of drug-likeness (QED) is 0.373. The van der Waals surface area contributed by atoms with Crippen LogP contribution in [0.2, 0.25) is 0 Å². The number of nitrogens with zero attached hydrogens (tertiary/aromatic N) is 2. The molecule has 0 saturated heterocycles. The Labute approximate surface area is 191 Å². The Kier molecular flexibility index (Phi) is 4.90. The Morgan fingerprint density at radius 2 is 2.03 bits per heavy atom. The van der Waals surface area contributed by atoms with Crippen molar-refractivity contribution in [1.29, 1.82) is 0 Å². The fraction of sp³-hybridized carbons (Fsp3) is 0.130. The standard InChI is InChI=1S/C23H18BrN3O5/c1-31-17-10-12(9-15(24)22(17)29)21-18-19(14-6-2-3-7-16(14)28)25-26-20(18)23(30)27(21)11-13-5-4-8-32-13/h2-10,21,28-29H,11H2,1H3,(H,25,26). The van der Waals surface area contributed by atoms with Crippen LogP contribution in [-0.2, 0) is 6.54 Å². The molecule has 162 valence electrons. The molecular formula is C23H18BrN3O5. The fourth-order valence-electron chi connectivity index (χ4n) is 4.06. The molecule has 1 aliphatic heterocycles. The minimum absolute atomic E-state index is 0.0356. The summed E-state index contributed by atoms with van der Waals surface area (Å²) in [5, 5.41) is 28.0. The Morgan fingerprint density at radius 3 is 2.75 bits per heavy atom. The third kappa shape index (κ3) is 3.13. The zero-order valence-corrected chi connectivity index (χ0v) is 18.5. The molecule has 0 saturated carbocycles. The summed E-state index contributed by atoms with van der Waals surface area (Å²) in [6.07, 6.45) is 1.55. The van der Waals surface area contributed by atoms with E-state index in [4.69, 9.17) is 9.15 Å². The number of H-pyrrole nitrogens is 1. The summed E-state index contributed by atoms with van der Waals surface area (Å²) < 4.78 is 11.3. The lowest BCUT2D eigenvalue weighted by Crippen LogP contribution is -2.29. The second-order valence-electron chi connectivity index (χ2n) is 7.35. The number of benzene rings is 2. The van der Waals surface area contributed by atoms with Crippen molar-refractivity contribution in [2.24, 2.45) is 0 Å².